The molecular weight excluding hydrogens is 403 g/mol. The van der Waals surface area contributed by atoms with E-state index in [4.69, 9.17) is 4.55 Å². The van der Waals surface area contributed by atoms with Crippen LogP contribution in [0, 0.1) is 5.92 Å². The second-order valence-corrected chi connectivity index (χ2v) is 7.77. The highest BCUT2D eigenvalue weighted by molar-refractivity contribution is 7.86. The fourth-order valence-electron chi connectivity index (χ4n) is 1.92. The third-order valence-electron chi connectivity index (χ3n) is 3.24. The predicted octanol–water partition coefficient (Wildman–Crippen LogP) is 3.67. The highest BCUT2D eigenvalue weighted by atomic mass is 32.2. The first kappa shape index (κ1) is 25.4. The van der Waals surface area contributed by atoms with Gasteiger partial charge in [0.15, 0.2) is 0 Å². The van der Waals surface area contributed by atoms with Crippen molar-refractivity contribution in [1.82, 2.24) is 0 Å². The fourth-order valence-corrected chi connectivity index (χ4v) is 2.37. The predicted molar refractivity (Wildman–Crippen MR) is 84.5 cm³/mol. The molecule has 0 amide bonds. The molecule has 0 aromatic rings. The highest BCUT2D eigenvalue weighted by Gasteiger charge is 2.66. The first-order valence-electron chi connectivity index (χ1n) is 7.81. The molecule has 0 saturated heterocycles. The Balaban J connectivity index is 5.02. The van der Waals surface area contributed by atoms with E-state index in [2.05, 4.69) is 4.74 Å². The third kappa shape index (κ3) is 8.33. The quantitative estimate of drug-likeness (QED) is 0.189. The lowest BCUT2D eigenvalue weighted by Crippen LogP contribution is -2.52. The lowest BCUT2D eigenvalue weighted by Gasteiger charge is -2.26. The summed E-state index contributed by atoms with van der Waals surface area (Å²) in [5, 5.41) is -5.77. The Hall–Kier alpha value is -1.56. The van der Waals surface area contributed by atoms with Gasteiger partial charge in [-0.25, -0.2) is 4.79 Å². The Morgan fingerprint density at radius 1 is 1.15 bits per heavy atom. The van der Waals surface area contributed by atoms with E-state index in [0.717, 1.165) is 13.0 Å². The molecule has 0 saturated carbocycles. The zero-order valence-corrected chi connectivity index (χ0v) is 15.7. The molecule has 12 heteroatoms. The van der Waals surface area contributed by atoms with Crippen molar-refractivity contribution < 1.29 is 49.2 Å². The van der Waals surface area contributed by atoms with E-state index in [1.165, 1.54) is 0 Å². The van der Waals surface area contributed by atoms with Gasteiger partial charge in [0.05, 0.1) is 0 Å². The van der Waals surface area contributed by atoms with E-state index in [-0.39, 0.29) is 31.0 Å². The molecular formula is C15H21F5O6S. The molecule has 0 aliphatic heterocycles. The number of unbranched alkanes of at least 4 members (excludes halogenated alkanes) is 1. The maximum absolute atomic E-state index is 13.3. The average Bonchev–Trinajstić information content (AvgIpc) is 2.45. The molecule has 158 valence electrons. The Kier molecular flexibility index (Phi) is 9.03. The van der Waals surface area contributed by atoms with Crippen LogP contribution in [0.2, 0.25) is 0 Å². The lowest BCUT2D eigenvalue weighted by atomic mass is 10.0. The number of hydrogen-bond donors (Lipinski definition) is 1. The fraction of sp³-hybridized carbons (Fsp3) is 0.733. The van der Waals surface area contributed by atoms with Gasteiger partial charge in [0.1, 0.15) is 5.78 Å². The number of carbonyl (C=O) groups is 2. The van der Waals surface area contributed by atoms with E-state index in [0.29, 0.717) is 6.42 Å². The van der Waals surface area contributed by atoms with Crippen molar-refractivity contribution in [2.75, 3.05) is 0 Å². The molecule has 0 heterocycles. The second kappa shape index (κ2) is 9.58. The van der Waals surface area contributed by atoms with Crippen LogP contribution in [0.15, 0.2) is 11.6 Å². The molecule has 1 unspecified atom stereocenters. The molecule has 0 radical (unpaired) electrons. The molecule has 27 heavy (non-hydrogen) atoms. The number of ether oxygens (including phenoxy) is 1. The van der Waals surface area contributed by atoms with Crippen molar-refractivity contribution in [3.63, 3.8) is 0 Å². The number of esters is 1. The summed E-state index contributed by atoms with van der Waals surface area (Å²) < 4.78 is 97.6. The number of carbonyl (C=O) groups excluding carboxylic acids is 2. The molecule has 0 aliphatic carbocycles. The van der Waals surface area contributed by atoms with Crippen LogP contribution in [0.3, 0.4) is 0 Å². The van der Waals surface area contributed by atoms with Gasteiger partial charge in [-0.05, 0) is 25.7 Å². The summed E-state index contributed by atoms with van der Waals surface area (Å²) in [6.07, 6.45) is -8.34. The van der Waals surface area contributed by atoms with Gasteiger partial charge < -0.3 is 4.74 Å². The van der Waals surface area contributed by atoms with Crippen LogP contribution >= 0.6 is 0 Å². The van der Waals surface area contributed by atoms with Crippen LogP contribution in [0.4, 0.5) is 22.0 Å². The Morgan fingerprint density at radius 3 is 2.07 bits per heavy atom. The molecule has 0 rings (SSSR count). The molecule has 1 N–H and O–H groups in total. The molecule has 0 fully saturated rings. The zero-order chi connectivity index (χ0) is 21.6. The van der Waals surface area contributed by atoms with Crippen molar-refractivity contribution in [2.45, 2.75) is 64.0 Å². The van der Waals surface area contributed by atoms with Crippen LogP contribution in [0.5, 0.6) is 0 Å². The number of rotatable bonds is 10. The summed E-state index contributed by atoms with van der Waals surface area (Å²) >= 11 is 0. The van der Waals surface area contributed by atoms with Crippen molar-refractivity contribution in [3.05, 3.63) is 11.6 Å². The topological polar surface area (TPSA) is 97.7 Å². The Labute approximate surface area is 153 Å². The minimum absolute atomic E-state index is 0.0384. The molecule has 0 aromatic heterocycles. The van der Waals surface area contributed by atoms with E-state index in [1.807, 2.05) is 13.8 Å². The van der Waals surface area contributed by atoms with E-state index in [1.54, 1.807) is 0 Å². The standard InChI is InChI=1S/C15H21F5O6S/c1-9(2)8-11(21)7-5-4-6-10(3)12(22)26-13(14(16,17)18)15(19,20)27(23,24)25/h6,9,13H,4-5,7-8H2,1-3H3,(H,23,24,25)/b10-6+. The van der Waals surface area contributed by atoms with E-state index >= 15 is 0 Å². The van der Waals surface area contributed by atoms with E-state index < -0.39 is 39.2 Å². The normalized spacial score (nSPS) is 15.0. The van der Waals surface area contributed by atoms with Crippen LogP contribution < -0.4 is 0 Å². The minimum atomic E-state index is -6.48. The number of allylic oxidation sites excluding steroid dienone is 1. The highest BCUT2D eigenvalue weighted by Crippen LogP contribution is 2.38. The summed E-state index contributed by atoms with van der Waals surface area (Å²) in [5.74, 6) is -1.70. The van der Waals surface area contributed by atoms with Crippen LogP contribution in [0.1, 0.15) is 46.5 Å². The van der Waals surface area contributed by atoms with Gasteiger partial charge in [0.2, 0.25) is 0 Å². The summed E-state index contributed by atoms with van der Waals surface area (Å²) in [7, 11) is -6.48. The first-order valence-corrected chi connectivity index (χ1v) is 9.25. The maximum Gasteiger partial charge on any atom is 0.432 e. The van der Waals surface area contributed by atoms with Crippen molar-refractivity contribution in [2.24, 2.45) is 5.92 Å². The molecule has 0 aliphatic rings. The summed E-state index contributed by atoms with van der Waals surface area (Å²) in [4.78, 5) is 23.1. The monoisotopic (exact) mass is 424 g/mol. The third-order valence-corrected chi connectivity index (χ3v) is 4.14. The van der Waals surface area contributed by atoms with E-state index in [9.17, 15) is 40.0 Å². The Morgan fingerprint density at radius 2 is 1.67 bits per heavy atom. The van der Waals surface area contributed by atoms with Gasteiger partial charge in [0.25, 0.3) is 6.10 Å². The number of alkyl halides is 5. The summed E-state index contributed by atoms with van der Waals surface area (Å²) in [5.41, 5.74) is -0.480. The lowest BCUT2D eigenvalue weighted by molar-refractivity contribution is -0.257. The minimum Gasteiger partial charge on any atom is -0.441 e. The molecule has 0 bridgehead atoms. The number of ketones is 1. The van der Waals surface area contributed by atoms with Crippen LogP contribution in [-0.4, -0.2) is 42.3 Å². The SMILES string of the molecule is C/C(=C\CCCC(=O)CC(C)C)C(=O)OC(C(F)(F)F)C(F)(F)S(=O)(=O)O. The summed E-state index contributed by atoms with van der Waals surface area (Å²) in [6, 6.07) is 0. The largest absolute Gasteiger partial charge is 0.441 e. The average molecular weight is 424 g/mol. The Bertz CT molecular complexity index is 667. The van der Waals surface area contributed by atoms with Crippen LogP contribution in [0.25, 0.3) is 0 Å². The maximum atomic E-state index is 13.3. The molecule has 0 spiro atoms. The van der Waals surface area contributed by atoms with Crippen molar-refractivity contribution >= 4 is 21.9 Å². The van der Waals surface area contributed by atoms with Gasteiger partial charge in [-0.1, -0.05) is 19.9 Å². The van der Waals surface area contributed by atoms with Gasteiger partial charge in [-0.2, -0.15) is 30.4 Å². The van der Waals surface area contributed by atoms with Crippen molar-refractivity contribution in [3.8, 4) is 0 Å². The molecule has 0 aromatic carbocycles. The van der Waals surface area contributed by atoms with Crippen molar-refractivity contribution in [1.29, 1.82) is 0 Å². The molecule has 6 nitrogen and oxygen atoms in total. The second-order valence-electron chi connectivity index (χ2n) is 6.28. The van der Waals surface area contributed by atoms with Gasteiger partial charge in [0, 0.05) is 18.4 Å². The van der Waals surface area contributed by atoms with Gasteiger partial charge >= 0.3 is 27.5 Å². The van der Waals surface area contributed by atoms with Gasteiger partial charge in [-0.3, -0.25) is 9.35 Å². The number of halogens is 5. The summed E-state index contributed by atoms with van der Waals surface area (Å²) in [6.45, 7) is 4.67. The first-order chi connectivity index (χ1) is 12.0. The smallest absolute Gasteiger partial charge is 0.432 e. The zero-order valence-electron chi connectivity index (χ0n) is 14.8. The van der Waals surface area contributed by atoms with Gasteiger partial charge in [-0.15, -0.1) is 0 Å². The molecule has 1 atom stereocenters. The number of hydrogen-bond acceptors (Lipinski definition) is 5. The van der Waals surface area contributed by atoms with Crippen LogP contribution in [-0.2, 0) is 24.4 Å². The number of Topliss-reactive ketones (excluding diaryl/α,β-unsaturated/α-hetero) is 1.